The molecule has 2 aliphatic heterocycles. The summed E-state index contributed by atoms with van der Waals surface area (Å²) in [5, 5.41) is 0. The van der Waals surface area contributed by atoms with Crippen LogP contribution in [0, 0.1) is 11.7 Å². The molecule has 0 saturated carbocycles. The number of amides is 2. The number of rotatable bonds is 4. The predicted molar refractivity (Wildman–Crippen MR) is 91.4 cm³/mol. The van der Waals surface area contributed by atoms with Crippen LogP contribution in [-0.4, -0.2) is 55.6 Å². The zero-order chi connectivity index (χ0) is 18.0. The van der Waals surface area contributed by atoms with Gasteiger partial charge in [0, 0.05) is 26.8 Å². The number of nitrogens with two attached hydrogens (primary N) is 1. The Hall–Kier alpha value is -1.99. The minimum Gasteiger partial charge on any atom is -0.381 e. The van der Waals surface area contributed by atoms with Crippen molar-refractivity contribution in [2.45, 2.75) is 31.3 Å². The first-order valence-corrected chi connectivity index (χ1v) is 8.66. The zero-order valence-electron chi connectivity index (χ0n) is 14.4. The van der Waals surface area contributed by atoms with E-state index in [1.807, 2.05) is 0 Å². The number of carbonyl (C=O) groups excluding carboxylic acids is 2. The van der Waals surface area contributed by atoms with Gasteiger partial charge in [0.15, 0.2) is 0 Å². The molecule has 136 valence electrons. The van der Waals surface area contributed by atoms with Crippen LogP contribution >= 0.6 is 0 Å². The van der Waals surface area contributed by atoms with E-state index in [2.05, 4.69) is 0 Å². The third-order valence-corrected chi connectivity index (χ3v) is 5.19. The van der Waals surface area contributed by atoms with E-state index in [1.165, 1.54) is 15.9 Å². The molecule has 0 bridgehead atoms. The highest BCUT2D eigenvalue weighted by Gasteiger charge is 2.40. The molecule has 7 heteroatoms. The van der Waals surface area contributed by atoms with E-state index < -0.39 is 17.9 Å². The summed E-state index contributed by atoms with van der Waals surface area (Å²) in [7, 11) is 1.61. The molecule has 2 unspecified atom stereocenters. The molecule has 3 rings (SSSR count). The molecule has 25 heavy (non-hydrogen) atoms. The molecule has 2 amide bonds. The van der Waals surface area contributed by atoms with Gasteiger partial charge >= 0.3 is 0 Å². The Morgan fingerprint density at radius 1 is 1.32 bits per heavy atom. The van der Waals surface area contributed by atoms with Crippen LogP contribution < -0.4 is 10.6 Å². The molecule has 2 saturated heterocycles. The molecule has 0 aliphatic carbocycles. The van der Waals surface area contributed by atoms with Gasteiger partial charge in [0.2, 0.25) is 11.8 Å². The van der Waals surface area contributed by atoms with Crippen LogP contribution in [-0.2, 0) is 14.3 Å². The number of halogens is 1. The lowest BCUT2D eigenvalue weighted by atomic mass is 9.91. The Bertz CT molecular complexity index is 648. The summed E-state index contributed by atoms with van der Waals surface area (Å²) in [6, 6.07) is 4.94. The van der Waals surface area contributed by atoms with Crippen molar-refractivity contribution < 1.29 is 18.7 Å². The molecular formula is C18H24FN3O3. The third kappa shape index (κ3) is 3.52. The Kier molecular flexibility index (Phi) is 5.34. The number of benzene rings is 1. The van der Waals surface area contributed by atoms with E-state index >= 15 is 0 Å². The number of likely N-dealkylation sites (N-methyl/N-ethyl adjacent to an activating group) is 1. The molecule has 2 N–H and O–H groups in total. The number of para-hydroxylation sites is 1. The molecule has 2 fully saturated rings. The lowest BCUT2D eigenvalue weighted by Crippen LogP contribution is -2.52. The van der Waals surface area contributed by atoms with E-state index in [1.54, 1.807) is 25.2 Å². The van der Waals surface area contributed by atoms with Gasteiger partial charge in [-0.05, 0) is 37.3 Å². The van der Waals surface area contributed by atoms with E-state index in [9.17, 15) is 14.0 Å². The van der Waals surface area contributed by atoms with Crippen LogP contribution in [0.5, 0.6) is 0 Å². The van der Waals surface area contributed by atoms with E-state index in [4.69, 9.17) is 10.5 Å². The molecule has 1 aromatic carbocycles. The number of carbonyl (C=O) groups is 2. The number of anilines is 1. The third-order valence-electron chi connectivity index (χ3n) is 5.19. The normalized spacial score (nSPS) is 22.9. The molecule has 6 nitrogen and oxygen atoms in total. The average molecular weight is 349 g/mol. The van der Waals surface area contributed by atoms with E-state index in [-0.39, 0.29) is 23.4 Å². The van der Waals surface area contributed by atoms with Gasteiger partial charge in [-0.15, -0.1) is 0 Å². The molecule has 0 spiro atoms. The van der Waals surface area contributed by atoms with Crippen molar-refractivity contribution in [1.29, 1.82) is 0 Å². The molecule has 2 aliphatic rings. The first-order valence-electron chi connectivity index (χ1n) is 8.66. The fraction of sp³-hybridized carbons (Fsp3) is 0.556. The molecule has 2 atom stereocenters. The molecule has 0 aromatic heterocycles. The summed E-state index contributed by atoms with van der Waals surface area (Å²) < 4.78 is 19.3. The molecule has 1 aromatic rings. The second-order valence-corrected chi connectivity index (χ2v) is 6.67. The lowest BCUT2D eigenvalue weighted by Gasteiger charge is -2.32. The Labute approximate surface area is 146 Å². The van der Waals surface area contributed by atoms with Crippen LogP contribution in [0.4, 0.5) is 10.1 Å². The summed E-state index contributed by atoms with van der Waals surface area (Å²) in [6.45, 7) is 1.60. The topological polar surface area (TPSA) is 75.9 Å². The second kappa shape index (κ2) is 7.49. The monoisotopic (exact) mass is 349 g/mol. The Balaban J connectivity index is 1.68. The number of ether oxygens (including phenoxy) is 1. The average Bonchev–Trinajstić information content (AvgIpc) is 3.02. The van der Waals surface area contributed by atoms with Crippen LogP contribution in [0.3, 0.4) is 0 Å². The fourth-order valence-corrected chi connectivity index (χ4v) is 3.60. The van der Waals surface area contributed by atoms with Gasteiger partial charge < -0.3 is 20.3 Å². The second-order valence-electron chi connectivity index (χ2n) is 6.67. The number of hydrogen-bond donors (Lipinski definition) is 1. The maximum absolute atomic E-state index is 14.0. The van der Waals surface area contributed by atoms with Crippen molar-refractivity contribution in [2.75, 3.05) is 31.7 Å². The fourth-order valence-electron chi connectivity index (χ4n) is 3.60. The highest BCUT2D eigenvalue weighted by Crippen LogP contribution is 2.27. The summed E-state index contributed by atoms with van der Waals surface area (Å²) in [5.41, 5.74) is 6.40. The molecular weight excluding hydrogens is 325 g/mol. The van der Waals surface area contributed by atoms with Crippen LogP contribution in [0.2, 0.25) is 0 Å². The number of nitrogens with zero attached hydrogens (tertiary/aromatic N) is 2. The lowest BCUT2D eigenvalue weighted by molar-refractivity contribution is -0.139. The predicted octanol–water partition coefficient (Wildman–Crippen LogP) is 1.14. The van der Waals surface area contributed by atoms with Crippen molar-refractivity contribution in [1.82, 2.24) is 4.90 Å². The van der Waals surface area contributed by atoms with Gasteiger partial charge in [-0.25, -0.2) is 4.39 Å². The van der Waals surface area contributed by atoms with Crippen molar-refractivity contribution in [3.05, 3.63) is 30.1 Å². The van der Waals surface area contributed by atoms with Gasteiger partial charge in [0.25, 0.3) is 0 Å². The van der Waals surface area contributed by atoms with E-state index in [0.29, 0.717) is 26.2 Å². The maximum atomic E-state index is 14.0. The Morgan fingerprint density at radius 2 is 2.00 bits per heavy atom. The van der Waals surface area contributed by atoms with E-state index in [0.717, 1.165) is 12.8 Å². The minimum absolute atomic E-state index is 0.0721. The van der Waals surface area contributed by atoms with Crippen LogP contribution in [0.1, 0.15) is 19.3 Å². The summed E-state index contributed by atoms with van der Waals surface area (Å²) in [5.74, 6) is -0.868. The standard InChI is InChI=1S/C18H24FN3O3/c1-21(18(24)16(20)12-7-10-25-11-8-12)15-6-9-22(17(15)23)14-5-3-2-4-13(14)19/h2-5,12,15-16H,6-11,20H2,1H3. The highest BCUT2D eigenvalue weighted by atomic mass is 19.1. The zero-order valence-corrected chi connectivity index (χ0v) is 14.4. The summed E-state index contributed by atoms with van der Waals surface area (Å²) in [4.78, 5) is 28.2. The molecule has 2 heterocycles. The van der Waals surface area contributed by atoms with Gasteiger partial charge in [0.1, 0.15) is 11.9 Å². The maximum Gasteiger partial charge on any atom is 0.249 e. The van der Waals surface area contributed by atoms with Crippen molar-refractivity contribution in [3.63, 3.8) is 0 Å². The quantitative estimate of drug-likeness (QED) is 0.885. The first kappa shape index (κ1) is 17.8. The Morgan fingerprint density at radius 3 is 2.68 bits per heavy atom. The van der Waals surface area contributed by atoms with Crippen molar-refractivity contribution >= 4 is 17.5 Å². The van der Waals surface area contributed by atoms with Gasteiger partial charge in [-0.1, -0.05) is 12.1 Å². The minimum atomic E-state index is -0.635. The van der Waals surface area contributed by atoms with Gasteiger partial charge in [0.05, 0.1) is 11.7 Å². The smallest absolute Gasteiger partial charge is 0.249 e. The van der Waals surface area contributed by atoms with Crippen LogP contribution in [0.25, 0.3) is 0 Å². The molecule has 0 radical (unpaired) electrons. The summed E-state index contributed by atoms with van der Waals surface area (Å²) >= 11 is 0. The van der Waals surface area contributed by atoms with Crippen molar-refractivity contribution in [2.24, 2.45) is 11.7 Å². The first-order chi connectivity index (χ1) is 12.0. The van der Waals surface area contributed by atoms with Gasteiger partial charge in [-0.2, -0.15) is 0 Å². The SMILES string of the molecule is CN(C(=O)C(N)C1CCOCC1)C1CCN(c2ccccc2F)C1=O. The number of hydrogen-bond acceptors (Lipinski definition) is 4. The van der Waals surface area contributed by atoms with Gasteiger partial charge in [-0.3, -0.25) is 9.59 Å². The highest BCUT2D eigenvalue weighted by molar-refractivity contribution is 6.01. The largest absolute Gasteiger partial charge is 0.381 e. The van der Waals surface area contributed by atoms with Crippen LogP contribution in [0.15, 0.2) is 24.3 Å². The van der Waals surface area contributed by atoms with Crippen molar-refractivity contribution in [3.8, 4) is 0 Å². The summed E-state index contributed by atoms with van der Waals surface area (Å²) in [6.07, 6.45) is 1.97.